The summed E-state index contributed by atoms with van der Waals surface area (Å²) in [6, 6.07) is 5.57. The van der Waals surface area contributed by atoms with E-state index in [1.54, 1.807) is 17.1 Å². The van der Waals surface area contributed by atoms with E-state index in [9.17, 15) is 4.79 Å². The van der Waals surface area contributed by atoms with Gasteiger partial charge in [0.15, 0.2) is 5.82 Å². The lowest BCUT2D eigenvalue weighted by atomic mass is 9.74. The molecule has 1 amide bonds. The van der Waals surface area contributed by atoms with Crippen molar-refractivity contribution >= 4 is 11.7 Å². The van der Waals surface area contributed by atoms with Gasteiger partial charge in [0, 0.05) is 37.7 Å². The van der Waals surface area contributed by atoms with Crippen LogP contribution in [0.15, 0.2) is 36.8 Å². The number of aromatic nitrogens is 3. The fourth-order valence-corrected chi connectivity index (χ4v) is 3.45. The molecule has 1 aliphatic heterocycles. The first-order valence-corrected chi connectivity index (χ1v) is 8.38. The number of hydrogen-bond acceptors (Lipinski definition) is 5. The van der Waals surface area contributed by atoms with Gasteiger partial charge in [0.1, 0.15) is 5.54 Å². The van der Waals surface area contributed by atoms with Gasteiger partial charge in [0.2, 0.25) is 5.91 Å². The Hall–Kier alpha value is -2.25. The highest BCUT2D eigenvalue weighted by molar-refractivity contribution is 5.98. The van der Waals surface area contributed by atoms with E-state index >= 15 is 0 Å². The summed E-state index contributed by atoms with van der Waals surface area (Å²) >= 11 is 0. The average molecular weight is 327 g/mol. The van der Waals surface area contributed by atoms with E-state index in [1.165, 1.54) is 0 Å². The van der Waals surface area contributed by atoms with Crippen LogP contribution in [0.25, 0.3) is 5.69 Å². The van der Waals surface area contributed by atoms with Gasteiger partial charge >= 0.3 is 0 Å². The number of anilines is 1. The summed E-state index contributed by atoms with van der Waals surface area (Å²) in [7, 11) is 0. The summed E-state index contributed by atoms with van der Waals surface area (Å²) in [5, 5.41) is 7.45. The van der Waals surface area contributed by atoms with Gasteiger partial charge in [0.05, 0.1) is 18.9 Å². The maximum absolute atomic E-state index is 12.9. The minimum atomic E-state index is -0.385. The summed E-state index contributed by atoms with van der Waals surface area (Å²) in [6.07, 6.45) is 8.19. The monoisotopic (exact) mass is 327 g/mol. The predicted octanol–water partition coefficient (Wildman–Crippen LogP) is 1.46. The van der Waals surface area contributed by atoms with Crippen LogP contribution in [0.1, 0.15) is 19.3 Å². The highest BCUT2D eigenvalue weighted by Crippen LogP contribution is 2.39. The molecular weight excluding hydrogens is 306 g/mol. The van der Waals surface area contributed by atoms with Crippen LogP contribution in [0, 0.1) is 0 Å². The number of morpholine rings is 1. The molecule has 1 aliphatic carbocycles. The zero-order valence-corrected chi connectivity index (χ0v) is 13.5. The molecule has 2 aromatic heterocycles. The molecule has 7 heteroatoms. The van der Waals surface area contributed by atoms with Crippen LogP contribution in [0.4, 0.5) is 5.82 Å². The molecule has 4 rings (SSSR count). The fourth-order valence-electron chi connectivity index (χ4n) is 3.45. The SMILES string of the molecule is O=C(Nc1ccn(-c2ccncc2)n1)C1(N2CCOCC2)CCC1. The van der Waals surface area contributed by atoms with Crippen molar-refractivity contribution in [2.75, 3.05) is 31.6 Å². The van der Waals surface area contributed by atoms with Crippen LogP contribution in [0.2, 0.25) is 0 Å². The number of ether oxygens (including phenoxy) is 1. The molecule has 7 nitrogen and oxygen atoms in total. The standard InChI is InChI=1S/C17H21N5O2/c23-16(17(5-1-6-17)21-10-12-24-13-11-21)19-15-4-9-22(20-15)14-2-7-18-8-3-14/h2-4,7-9H,1,5-6,10-13H2,(H,19,20,23). The van der Waals surface area contributed by atoms with E-state index in [2.05, 4.69) is 20.3 Å². The largest absolute Gasteiger partial charge is 0.379 e. The first-order valence-electron chi connectivity index (χ1n) is 8.38. The Bertz CT molecular complexity index is 705. The Kier molecular flexibility index (Phi) is 4.03. The second kappa shape index (κ2) is 6.33. The Balaban J connectivity index is 1.48. The van der Waals surface area contributed by atoms with Gasteiger partial charge in [-0.15, -0.1) is 0 Å². The number of pyridine rings is 1. The zero-order chi connectivity index (χ0) is 16.4. The molecule has 2 aliphatic rings. The van der Waals surface area contributed by atoms with E-state index in [4.69, 9.17) is 4.74 Å². The third-order valence-corrected chi connectivity index (χ3v) is 4.98. The number of carbonyl (C=O) groups excluding carboxylic acids is 1. The number of hydrogen-bond donors (Lipinski definition) is 1. The molecule has 1 saturated heterocycles. The predicted molar refractivity (Wildman–Crippen MR) is 89.0 cm³/mol. The molecule has 0 atom stereocenters. The van der Waals surface area contributed by atoms with Crippen molar-refractivity contribution in [3.63, 3.8) is 0 Å². The summed E-state index contributed by atoms with van der Waals surface area (Å²) in [6.45, 7) is 3.04. The van der Waals surface area contributed by atoms with Crippen LogP contribution >= 0.6 is 0 Å². The molecule has 24 heavy (non-hydrogen) atoms. The maximum Gasteiger partial charge on any atom is 0.246 e. The normalized spacial score (nSPS) is 20.3. The van der Waals surface area contributed by atoms with Crippen molar-refractivity contribution in [1.29, 1.82) is 0 Å². The van der Waals surface area contributed by atoms with Crippen LogP contribution in [0.3, 0.4) is 0 Å². The highest BCUT2D eigenvalue weighted by Gasteiger charge is 2.49. The summed E-state index contributed by atoms with van der Waals surface area (Å²) in [4.78, 5) is 19.2. The van der Waals surface area contributed by atoms with E-state index in [0.717, 1.165) is 38.0 Å². The van der Waals surface area contributed by atoms with E-state index in [1.807, 2.05) is 24.4 Å². The van der Waals surface area contributed by atoms with Crippen molar-refractivity contribution in [3.8, 4) is 5.69 Å². The number of nitrogens with zero attached hydrogens (tertiary/aromatic N) is 4. The third kappa shape index (κ3) is 2.70. The van der Waals surface area contributed by atoms with Crippen molar-refractivity contribution in [1.82, 2.24) is 19.7 Å². The first-order chi connectivity index (χ1) is 11.8. The van der Waals surface area contributed by atoms with E-state index in [0.29, 0.717) is 19.0 Å². The zero-order valence-electron chi connectivity index (χ0n) is 13.5. The van der Waals surface area contributed by atoms with Crippen molar-refractivity contribution in [3.05, 3.63) is 36.8 Å². The Morgan fingerprint density at radius 3 is 2.58 bits per heavy atom. The van der Waals surface area contributed by atoms with Crippen molar-refractivity contribution in [2.45, 2.75) is 24.8 Å². The van der Waals surface area contributed by atoms with Gasteiger partial charge in [0.25, 0.3) is 0 Å². The van der Waals surface area contributed by atoms with Crippen LogP contribution in [-0.2, 0) is 9.53 Å². The lowest BCUT2D eigenvalue weighted by molar-refractivity contribution is -0.139. The molecule has 2 aromatic rings. The second-order valence-corrected chi connectivity index (χ2v) is 6.29. The second-order valence-electron chi connectivity index (χ2n) is 6.29. The molecule has 1 N–H and O–H groups in total. The first kappa shape index (κ1) is 15.3. The van der Waals surface area contributed by atoms with Gasteiger partial charge in [-0.2, -0.15) is 5.10 Å². The topological polar surface area (TPSA) is 72.3 Å². The Morgan fingerprint density at radius 2 is 1.92 bits per heavy atom. The molecule has 2 fully saturated rings. The molecule has 126 valence electrons. The van der Waals surface area contributed by atoms with Gasteiger partial charge in [-0.3, -0.25) is 14.7 Å². The highest BCUT2D eigenvalue weighted by atomic mass is 16.5. The Morgan fingerprint density at radius 1 is 1.17 bits per heavy atom. The van der Waals surface area contributed by atoms with E-state index in [-0.39, 0.29) is 11.4 Å². The van der Waals surface area contributed by atoms with Gasteiger partial charge in [-0.25, -0.2) is 4.68 Å². The molecule has 0 unspecified atom stereocenters. The number of rotatable bonds is 4. The lowest BCUT2D eigenvalue weighted by Crippen LogP contribution is -2.63. The lowest BCUT2D eigenvalue weighted by Gasteiger charge is -2.49. The molecule has 0 aromatic carbocycles. The van der Waals surface area contributed by atoms with Crippen LogP contribution < -0.4 is 5.32 Å². The van der Waals surface area contributed by atoms with Crippen LogP contribution in [-0.4, -0.2) is 57.4 Å². The average Bonchev–Trinajstić information content (AvgIpc) is 3.04. The summed E-state index contributed by atoms with van der Waals surface area (Å²) in [5.74, 6) is 0.631. The number of nitrogens with one attached hydrogen (secondary N) is 1. The van der Waals surface area contributed by atoms with Gasteiger partial charge < -0.3 is 10.1 Å². The van der Waals surface area contributed by atoms with Crippen molar-refractivity contribution < 1.29 is 9.53 Å². The molecular formula is C17H21N5O2. The minimum Gasteiger partial charge on any atom is -0.379 e. The minimum absolute atomic E-state index is 0.0515. The summed E-state index contributed by atoms with van der Waals surface area (Å²) in [5.41, 5.74) is 0.529. The van der Waals surface area contributed by atoms with Gasteiger partial charge in [-0.1, -0.05) is 0 Å². The Labute approximate surface area is 140 Å². The number of amides is 1. The van der Waals surface area contributed by atoms with Crippen molar-refractivity contribution in [2.24, 2.45) is 0 Å². The summed E-state index contributed by atoms with van der Waals surface area (Å²) < 4.78 is 7.16. The molecule has 1 saturated carbocycles. The van der Waals surface area contributed by atoms with Crippen LogP contribution in [0.5, 0.6) is 0 Å². The molecule has 3 heterocycles. The maximum atomic E-state index is 12.9. The fraction of sp³-hybridized carbons (Fsp3) is 0.471. The van der Waals surface area contributed by atoms with E-state index < -0.39 is 0 Å². The molecule has 0 spiro atoms. The third-order valence-electron chi connectivity index (χ3n) is 4.98. The number of carbonyl (C=O) groups is 1. The smallest absolute Gasteiger partial charge is 0.246 e. The quantitative estimate of drug-likeness (QED) is 0.920. The molecule has 0 radical (unpaired) electrons. The van der Waals surface area contributed by atoms with Gasteiger partial charge in [-0.05, 0) is 31.4 Å². The molecule has 0 bridgehead atoms.